The van der Waals surface area contributed by atoms with Crippen LogP contribution in [0.5, 0.6) is 0 Å². The van der Waals surface area contributed by atoms with E-state index < -0.39 is 35.2 Å². The fourth-order valence-corrected chi connectivity index (χ4v) is 7.82. The topological polar surface area (TPSA) is 99.4 Å². The lowest BCUT2D eigenvalue weighted by atomic mass is 9.57. The normalized spacial score (nSPS) is 23.9. The van der Waals surface area contributed by atoms with Gasteiger partial charge in [0.05, 0.1) is 19.3 Å². The van der Waals surface area contributed by atoms with E-state index in [0.29, 0.717) is 29.3 Å². The van der Waals surface area contributed by atoms with E-state index >= 15 is 0 Å². The molecule has 0 saturated carbocycles. The number of aliphatic carboxylic acids is 2. The fourth-order valence-electron chi connectivity index (χ4n) is 7.62. The highest BCUT2D eigenvalue weighted by Gasteiger charge is 2.59. The monoisotopic (exact) mass is 644 g/mol. The molecule has 1 saturated heterocycles. The summed E-state index contributed by atoms with van der Waals surface area (Å²) in [4.78, 5) is 34.1. The summed E-state index contributed by atoms with van der Waals surface area (Å²) in [5.41, 5.74) is 1.56. The Labute approximate surface area is 277 Å². The zero-order valence-corrected chi connectivity index (χ0v) is 27.3. The van der Waals surface area contributed by atoms with Gasteiger partial charge in [0.25, 0.3) is 0 Å². The van der Waals surface area contributed by atoms with Gasteiger partial charge in [-0.25, -0.2) is 0 Å². The largest absolute Gasteiger partial charge is 0.481 e. The summed E-state index contributed by atoms with van der Waals surface area (Å²) in [6.45, 7) is 5.10. The van der Waals surface area contributed by atoms with Crippen molar-refractivity contribution in [3.63, 3.8) is 0 Å². The lowest BCUT2D eigenvalue weighted by molar-refractivity contribution is -0.158. The van der Waals surface area contributed by atoms with E-state index in [1.807, 2.05) is 36.4 Å². The highest BCUT2D eigenvalue weighted by molar-refractivity contribution is 6.30. The van der Waals surface area contributed by atoms with Crippen molar-refractivity contribution in [2.45, 2.75) is 63.3 Å². The van der Waals surface area contributed by atoms with Gasteiger partial charge in [-0.05, 0) is 74.5 Å². The average molecular weight is 645 g/mol. The molecule has 3 aromatic rings. The third-order valence-corrected chi connectivity index (χ3v) is 10.2. The predicted octanol–water partition coefficient (Wildman–Crippen LogP) is 7.54. The van der Waals surface area contributed by atoms with Crippen LogP contribution in [0.1, 0.15) is 74.0 Å². The summed E-state index contributed by atoms with van der Waals surface area (Å²) in [6.07, 6.45) is 5.51. The van der Waals surface area contributed by atoms with Gasteiger partial charge in [0, 0.05) is 29.1 Å². The molecule has 0 bridgehead atoms. The first kappa shape index (κ1) is 33.8. The van der Waals surface area contributed by atoms with E-state index in [0.717, 1.165) is 30.8 Å². The summed E-state index contributed by atoms with van der Waals surface area (Å²) in [6, 6.07) is 26.3. The summed E-state index contributed by atoms with van der Waals surface area (Å²) in [5.74, 6) is -4.31. The molecule has 0 aliphatic carbocycles. The van der Waals surface area contributed by atoms with Crippen molar-refractivity contribution >= 4 is 29.3 Å². The predicted molar refractivity (Wildman–Crippen MR) is 182 cm³/mol. The standard InChI is InChI=1S/C38H45ClN2O5/c1-27-34(36(42)43)35(30-17-12-18-31(39)25-30)38(37(44)45,33(40-27)26-46-24-23-41-21-10-2-3-11-22-41)20-19-32(28-13-6-4-7-14-28)29-15-8-5-9-16-29/h4-9,12-18,25,32-35H,2-3,10-11,19-24,26H2,1H3,(H,42,43)(H,44,45). The summed E-state index contributed by atoms with van der Waals surface area (Å²) >= 11 is 6.46. The molecular formula is C38H45ClN2O5. The summed E-state index contributed by atoms with van der Waals surface area (Å²) < 4.78 is 6.26. The second kappa shape index (κ2) is 15.9. The lowest BCUT2D eigenvalue weighted by Gasteiger charge is -2.48. The van der Waals surface area contributed by atoms with Gasteiger partial charge >= 0.3 is 11.9 Å². The molecule has 7 nitrogen and oxygen atoms in total. The van der Waals surface area contributed by atoms with Gasteiger partial charge < -0.3 is 19.8 Å². The maximum atomic E-state index is 13.9. The molecule has 4 atom stereocenters. The molecular weight excluding hydrogens is 600 g/mol. The third kappa shape index (κ3) is 7.71. The van der Waals surface area contributed by atoms with E-state index in [9.17, 15) is 19.8 Å². The molecule has 0 amide bonds. The summed E-state index contributed by atoms with van der Waals surface area (Å²) in [5, 5.41) is 22.3. The minimum absolute atomic E-state index is 0.0855. The molecule has 5 rings (SSSR count). The second-order valence-corrected chi connectivity index (χ2v) is 13.2. The fraction of sp³-hybridized carbons (Fsp3) is 0.447. The van der Waals surface area contributed by atoms with Gasteiger partial charge in [0.1, 0.15) is 11.3 Å². The molecule has 0 aromatic heterocycles. The smallest absolute Gasteiger partial charge is 0.312 e. The quantitative estimate of drug-likeness (QED) is 0.187. The molecule has 8 heteroatoms. The van der Waals surface area contributed by atoms with Crippen molar-refractivity contribution in [3.05, 3.63) is 107 Å². The van der Waals surface area contributed by atoms with Crippen LogP contribution in [0.2, 0.25) is 5.02 Å². The van der Waals surface area contributed by atoms with Crippen molar-refractivity contribution in [1.29, 1.82) is 0 Å². The Kier molecular flexibility index (Phi) is 11.7. The van der Waals surface area contributed by atoms with Crippen molar-refractivity contribution in [1.82, 2.24) is 4.90 Å². The average Bonchev–Trinajstić information content (AvgIpc) is 3.33. The van der Waals surface area contributed by atoms with Crippen LogP contribution < -0.4 is 0 Å². The van der Waals surface area contributed by atoms with Crippen molar-refractivity contribution in [3.8, 4) is 0 Å². The van der Waals surface area contributed by atoms with E-state index in [1.54, 1.807) is 31.2 Å². The Morgan fingerprint density at radius 1 is 0.935 bits per heavy atom. The molecule has 0 radical (unpaired) electrons. The Morgan fingerprint density at radius 3 is 2.13 bits per heavy atom. The zero-order valence-electron chi connectivity index (χ0n) is 26.6. The number of aliphatic imine (C=N–C) groups is 1. The summed E-state index contributed by atoms with van der Waals surface area (Å²) in [7, 11) is 0. The molecule has 244 valence electrons. The highest BCUT2D eigenvalue weighted by Crippen LogP contribution is 2.53. The van der Waals surface area contributed by atoms with E-state index in [4.69, 9.17) is 21.3 Å². The Balaban J connectivity index is 1.54. The van der Waals surface area contributed by atoms with Gasteiger partial charge in [-0.1, -0.05) is 97.2 Å². The third-order valence-electron chi connectivity index (χ3n) is 9.94. The lowest BCUT2D eigenvalue weighted by Crippen LogP contribution is -2.56. The van der Waals surface area contributed by atoms with Crippen LogP contribution in [0.25, 0.3) is 0 Å². The number of carboxylic acid groups (broad SMARTS) is 2. The van der Waals surface area contributed by atoms with Crippen LogP contribution in [-0.4, -0.2) is 71.7 Å². The number of carbonyl (C=O) groups is 2. The van der Waals surface area contributed by atoms with Crippen LogP contribution >= 0.6 is 11.6 Å². The number of likely N-dealkylation sites (tertiary alicyclic amines) is 1. The second-order valence-electron chi connectivity index (χ2n) is 12.7. The minimum atomic E-state index is -1.57. The maximum absolute atomic E-state index is 13.9. The number of halogens is 1. The molecule has 4 unspecified atom stereocenters. The molecule has 2 aliphatic rings. The molecule has 2 N–H and O–H groups in total. The Hall–Kier alpha value is -3.52. The Morgan fingerprint density at radius 2 is 1.57 bits per heavy atom. The molecule has 0 spiro atoms. The SMILES string of the molecule is CC1=NC(COCCN2CCCCCC2)C(CCC(c2ccccc2)c2ccccc2)(C(=O)O)C(c2cccc(Cl)c2)C1C(=O)O. The van der Waals surface area contributed by atoms with Crippen LogP contribution in [0.15, 0.2) is 89.9 Å². The van der Waals surface area contributed by atoms with Gasteiger partial charge in [0.15, 0.2) is 0 Å². The van der Waals surface area contributed by atoms with Gasteiger partial charge in [-0.3, -0.25) is 14.6 Å². The van der Waals surface area contributed by atoms with Crippen molar-refractivity contribution in [2.75, 3.05) is 32.8 Å². The number of benzene rings is 3. The number of hydrogen-bond donors (Lipinski definition) is 2. The zero-order chi connectivity index (χ0) is 32.5. The number of rotatable bonds is 13. The van der Waals surface area contributed by atoms with Crippen LogP contribution in [0.4, 0.5) is 0 Å². The molecule has 3 aromatic carbocycles. The first-order valence-corrected chi connectivity index (χ1v) is 16.8. The Bertz CT molecular complexity index is 1440. The van der Waals surface area contributed by atoms with E-state index in [2.05, 4.69) is 29.2 Å². The van der Waals surface area contributed by atoms with Crippen LogP contribution in [0.3, 0.4) is 0 Å². The van der Waals surface area contributed by atoms with Gasteiger partial charge in [-0.15, -0.1) is 0 Å². The number of hydrogen-bond acceptors (Lipinski definition) is 5. The number of carboxylic acids is 2. The van der Waals surface area contributed by atoms with Crippen LogP contribution in [-0.2, 0) is 14.3 Å². The van der Waals surface area contributed by atoms with E-state index in [1.165, 1.54) is 25.7 Å². The van der Waals surface area contributed by atoms with Gasteiger partial charge in [-0.2, -0.15) is 0 Å². The highest BCUT2D eigenvalue weighted by atomic mass is 35.5. The molecule has 2 heterocycles. The van der Waals surface area contributed by atoms with Gasteiger partial charge in [0.2, 0.25) is 0 Å². The van der Waals surface area contributed by atoms with Crippen molar-refractivity contribution in [2.24, 2.45) is 16.3 Å². The maximum Gasteiger partial charge on any atom is 0.312 e. The minimum Gasteiger partial charge on any atom is -0.481 e. The molecule has 1 fully saturated rings. The molecule has 2 aliphatic heterocycles. The van der Waals surface area contributed by atoms with E-state index in [-0.39, 0.29) is 18.9 Å². The first-order chi connectivity index (χ1) is 22.3. The first-order valence-electron chi connectivity index (χ1n) is 16.5. The van der Waals surface area contributed by atoms with Crippen molar-refractivity contribution < 1.29 is 24.5 Å². The van der Waals surface area contributed by atoms with Crippen LogP contribution in [0, 0.1) is 11.3 Å². The molecule has 46 heavy (non-hydrogen) atoms. The number of nitrogens with zero attached hydrogens (tertiary/aromatic N) is 2. The number of ether oxygens (including phenoxy) is 1.